The molecule has 0 bridgehead atoms. The van der Waals surface area contributed by atoms with Gasteiger partial charge in [0.15, 0.2) is 0 Å². The Morgan fingerprint density at radius 2 is 1.71 bits per heavy atom. The number of carbonyl (C=O) groups excluding carboxylic acids is 3. The molecule has 3 N–H and O–H groups in total. The number of carbonyl (C=O) groups is 3. The first-order chi connectivity index (χ1) is 16.8. The lowest BCUT2D eigenvalue weighted by Gasteiger charge is -2.32. The van der Waals surface area contributed by atoms with Gasteiger partial charge in [0.2, 0.25) is 11.8 Å². The number of esters is 1. The predicted molar refractivity (Wildman–Crippen MR) is 136 cm³/mol. The van der Waals surface area contributed by atoms with Crippen LogP contribution in [-0.4, -0.2) is 47.7 Å². The van der Waals surface area contributed by atoms with Crippen LogP contribution in [-0.2, 0) is 25.5 Å². The van der Waals surface area contributed by atoms with Crippen molar-refractivity contribution in [3.63, 3.8) is 0 Å². The number of hydrogen-bond donors (Lipinski definition) is 3. The largest absolute Gasteiger partial charge is 0.463 e. The van der Waals surface area contributed by atoms with E-state index in [9.17, 15) is 14.4 Å². The number of hydrogen-bond acceptors (Lipinski definition) is 5. The topological polar surface area (TPSA) is 105 Å². The summed E-state index contributed by atoms with van der Waals surface area (Å²) in [6.07, 6.45) is 8.05. The third-order valence-corrected chi connectivity index (χ3v) is 6.48. The lowest BCUT2D eigenvalue weighted by molar-refractivity contribution is -0.151. The van der Waals surface area contributed by atoms with E-state index >= 15 is 0 Å². The molecule has 0 aromatic heterocycles. The highest BCUT2D eigenvalue weighted by atomic mass is 16.5. The molecule has 0 spiro atoms. The van der Waals surface area contributed by atoms with Gasteiger partial charge >= 0.3 is 5.97 Å². The summed E-state index contributed by atoms with van der Waals surface area (Å²) in [5.74, 6) is -1.77. The van der Waals surface area contributed by atoms with Crippen molar-refractivity contribution in [3.8, 4) is 0 Å². The first kappa shape index (κ1) is 28.3. The van der Waals surface area contributed by atoms with E-state index in [0.29, 0.717) is 32.1 Å². The highest BCUT2D eigenvalue weighted by molar-refractivity contribution is 5.86. The summed E-state index contributed by atoms with van der Waals surface area (Å²) < 4.78 is 5.78. The van der Waals surface area contributed by atoms with E-state index in [4.69, 9.17) is 9.84 Å². The summed E-state index contributed by atoms with van der Waals surface area (Å²) in [5.41, 5.74) is 0.424. The second-order valence-corrected chi connectivity index (χ2v) is 9.57. The highest BCUT2D eigenvalue weighted by Gasteiger charge is 2.39. The molecule has 0 heterocycles. The molecule has 0 radical (unpaired) electrons. The van der Waals surface area contributed by atoms with Crippen molar-refractivity contribution in [2.24, 2.45) is 11.8 Å². The minimum atomic E-state index is -0.632. The Morgan fingerprint density at radius 1 is 1.09 bits per heavy atom. The number of allylic oxidation sites excluding steroid dienone is 2. The number of ether oxygens (including phenoxy) is 1. The van der Waals surface area contributed by atoms with Crippen LogP contribution >= 0.6 is 0 Å². The maximum Gasteiger partial charge on any atom is 0.309 e. The predicted octanol–water partition coefficient (Wildman–Crippen LogP) is 3.47. The van der Waals surface area contributed by atoms with Crippen molar-refractivity contribution in [2.75, 3.05) is 13.2 Å². The van der Waals surface area contributed by atoms with Crippen LogP contribution in [0.3, 0.4) is 0 Å². The van der Waals surface area contributed by atoms with Crippen LogP contribution < -0.4 is 10.6 Å². The summed E-state index contributed by atoms with van der Waals surface area (Å²) in [6.45, 7) is 9.13. The van der Waals surface area contributed by atoms with E-state index in [1.54, 1.807) is 19.1 Å². The molecular weight excluding hydrogens is 444 g/mol. The van der Waals surface area contributed by atoms with Crippen molar-refractivity contribution in [2.45, 2.75) is 69.9 Å². The Bertz CT molecular complexity index is 848. The Kier molecular flexibility index (Phi) is 11.7. The molecule has 0 aliphatic heterocycles. The Hall–Kier alpha value is -2.93. The molecule has 1 aliphatic rings. The summed E-state index contributed by atoms with van der Waals surface area (Å²) in [4.78, 5) is 38.4. The molecule has 7 heteroatoms. The monoisotopic (exact) mass is 484 g/mol. The highest BCUT2D eigenvalue weighted by Crippen LogP contribution is 2.31. The fraction of sp³-hybridized carbons (Fsp3) is 0.536. The molecule has 1 aromatic rings. The van der Waals surface area contributed by atoms with Crippen LogP contribution in [0.25, 0.3) is 0 Å². The van der Waals surface area contributed by atoms with Gasteiger partial charge in [-0.3, -0.25) is 14.4 Å². The SMILES string of the molecule is C=CC[C@@H](CC(=O)N[C@H](C)CO)C(=O)NC1(COC(=O)[C@@H](CC=C)Cc2ccccc2)CCCC1. The molecule has 0 unspecified atom stereocenters. The van der Waals surface area contributed by atoms with E-state index in [1.807, 2.05) is 30.3 Å². The Labute approximate surface area is 209 Å². The van der Waals surface area contributed by atoms with Crippen LogP contribution in [0.2, 0.25) is 0 Å². The molecule has 192 valence electrons. The fourth-order valence-electron chi connectivity index (χ4n) is 4.50. The maximum atomic E-state index is 13.2. The maximum absolute atomic E-state index is 13.2. The quantitative estimate of drug-likeness (QED) is 0.261. The van der Waals surface area contributed by atoms with Crippen molar-refractivity contribution in [1.29, 1.82) is 0 Å². The normalized spacial score (nSPS) is 17.0. The number of aliphatic hydroxyl groups excluding tert-OH is 1. The van der Waals surface area contributed by atoms with Crippen LogP contribution in [0.1, 0.15) is 57.4 Å². The molecular formula is C28H40N2O5. The minimum absolute atomic E-state index is 0.00343. The zero-order valence-electron chi connectivity index (χ0n) is 20.8. The van der Waals surface area contributed by atoms with E-state index < -0.39 is 11.5 Å². The molecule has 2 amide bonds. The van der Waals surface area contributed by atoms with E-state index in [0.717, 1.165) is 18.4 Å². The summed E-state index contributed by atoms with van der Waals surface area (Å²) in [7, 11) is 0. The standard InChI is InChI=1S/C28H40N2O5/c1-4-11-23(18-25(32)29-21(3)19-31)26(33)30-28(15-9-10-16-28)20-35-27(34)24(12-5-2)17-22-13-7-6-8-14-22/h4-8,13-14,21,23-24,31H,1-2,9-12,15-20H2,3H3,(H,29,32)(H,30,33)/t21-,23+,24+/m1/s1. The number of benzene rings is 1. The molecule has 1 fully saturated rings. The number of amides is 2. The number of rotatable bonds is 15. The van der Waals surface area contributed by atoms with Crippen LogP contribution in [0, 0.1) is 11.8 Å². The van der Waals surface area contributed by atoms with E-state index in [2.05, 4.69) is 23.8 Å². The minimum Gasteiger partial charge on any atom is -0.463 e. The second-order valence-electron chi connectivity index (χ2n) is 9.57. The van der Waals surface area contributed by atoms with E-state index in [1.165, 1.54) is 0 Å². The first-order valence-corrected chi connectivity index (χ1v) is 12.5. The Morgan fingerprint density at radius 3 is 2.31 bits per heavy atom. The van der Waals surface area contributed by atoms with Crippen molar-refractivity contribution < 1.29 is 24.2 Å². The Balaban J connectivity index is 2.02. The lowest BCUT2D eigenvalue weighted by atomic mass is 9.93. The van der Waals surface area contributed by atoms with Crippen LogP contribution in [0.15, 0.2) is 55.6 Å². The second kappa shape index (κ2) is 14.5. The van der Waals surface area contributed by atoms with Gasteiger partial charge in [-0.15, -0.1) is 13.2 Å². The molecule has 0 saturated heterocycles. The van der Waals surface area contributed by atoms with Crippen molar-refractivity contribution >= 4 is 17.8 Å². The van der Waals surface area contributed by atoms with Gasteiger partial charge in [0.1, 0.15) is 6.61 Å². The van der Waals surface area contributed by atoms with E-state index in [-0.39, 0.29) is 49.4 Å². The third-order valence-electron chi connectivity index (χ3n) is 6.48. The van der Waals surface area contributed by atoms with Gasteiger partial charge in [0.25, 0.3) is 0 Å². The van der Waals surface area contributed by atoms with Gasteiger partial charge in [-0.05, 0) is 44.6 Å². The van der Waals surface area contributed by atoms with Crippen molar-refractivity contribution in [3.05, 3.63) is 61.2 Å². The number of aliphatic hydroxyl groups is 1. The average Bonchev–Trinajstić information content (AvgIpc) is 3.31. The lowest BCUT2D eigenvalue weighted by Crippen LogP contribution is -2.52. The molecule has 7 nitrogen and oxygen atoms in total. The van der Waals surface area contributed by atoms with Gasteiger partial charge in [-0.25, -0.2) is 0 Å². The summed E-state index contributed by atoms with van der Waals surface area (Å²) in [5, 5.41) is 14.9. The van der Waals surface area contributed by atoms with Crippen molar-refractivity contribution in [1.82, 2.24) is 10.6 Å². The van der Waals surface area contributed by atoms with Gasteiger partial charge < -0.3 is 20.5 Å². The van der Waals surface area contributed by atoms with Gasteiger partial charge in [0.05, 0.1) is 24.0 Å². The molecule has 1 saturated carbocycles. The van der Waals surface area contributed by atoms with Gasteiger partial charge in [-0.1, -0.05) is 55.3 Å². The first-order valence-electron chi connectivity index (χ1n) is 12.5. The molecule has 1 aliphatic carbocycles. The summed E-state index contributed by atoms with van der Waals surface area (Å²) >= 11 is 0. The van der Waals surface area contributed by atoms with Crippen LogP contribution in [0.5, 0.6) is 0 Å². The molecule has 2 rings (SSSR count). The smallest absolute Gasteiger partial charge is 0.309 e. The molecule has 3 atom stereocenters. The summed E-state index contributed by atoms with van der Waals surface area (Å²) in [6, 6.07) is 9.42. The molecule has 35 heavy (non-hydrogen) atoms. The molecule has 1 aromatic carbocycles. The van der Waals surface area contributed by atoms with Gasteiger partial charge in [-0.2, -0.15) is 0 Å². The van der Waals surface area contributed by atoms with Gasteiger partial charge in [0, 0.05) is 12.5 Å². The number of nitrogens with one attached hydrogen (secondary N) is 2. The average molecular weight is 485 g/mol. The fourth-order valence-corrected chi connectivity index (χ4v) is 4.50. The zero-order chi connectivity index (χ0) is 25.7. The van der Waals surface area contributed by atoms with Crippen LogP contribution in [0.4, 0.5) is 0 Å². The third kappa shape index (κ3) is 9.32. The zero-order valence-corrected chi connectivity index (χ0v) is 20.8.